The van der Waals surface area contributed by atoms with Gasteiger partial charge in [0, 0.05) is 30.9 Å². The van der Waals surface area contributed by atoms with Crippen molar-refractivity contribution >= 4 is 16.6 Å². The second-order valence-corrected chi connectivity index (χ2v) is 4.41. The summed E-state index contributed by atoms with van der Waals surface area (Å²) in [5, 5.41) is 10.5. The van der Waals surface area contributed by atoms with Crippen LogP contribution in [0.4, 0.5) is 5.69 Å². The van der Waals surface area contributed by atoms with Gasteiger partial charge in [0.15, 0.2) is 0 Å². The number of benzene rings is 1. The van der Waals surface area contributed by atoms with E-state index in [1.807, 2.05) is 44.4 Å². The fourth-order valence-electron chi connectivity index (χ4n) is 1.91. The Morgan fingerprint density at radius 2 is 2.06 bits per heavy atom. The highest BCUT2D eigenvalue weighted by Gasteiger charge is 2.07. The van der Waals surface area contributed by atoms with Gasteiger partial charge in [-0.05, 0) is 25.5 Å². The molecule has 1 heterocycles. The number of aromatic nitrogens is 1. The minimum absolute atomic E-state index is 0.259. The maximum atomic E-state index is 9.32. The van der Waals surface area contributed by atoms with E-state index in [9.17, 15) is 5.11 Å². The molecule has 1 atom stereocenters. The first-order chi connectivity index (χ1) is 8.18. The number of aliphatic hydroxyl groups is 1. The van der Waals surface area contributed by atoms with E-state index in [-0.39, 0.29) is 6.10 Å². The molecule has 1 aromatic carbocycles. The monoisotopic (exact) mass is 230 g/mol. The Morgan fingerprint density at radius 3 is 2.82 bits per heavy atom. The molecule has 0 amide bonds. The van der Waals surface area contributed by atoms with E-state index in [1.54, 1.807) is 0 Å². The van der Waals surface area contributed by atoms with Gasteiger partial charge in [0.1, 0.15) is 0 Å². The van der Waals surface area contributed by atoms with Crippen molar-refractivity contribution in [1.82, 2.24) is 4.98 Å². The third-order valence-electron chi connectivity index (χ3n) is 2.92. The van der Waals surface area contributed by atoms with Gasteiger partial charge >= 0.3 is 0 Å². The third-order valence-corrected chi connectivity index (χ3v) is 2.92. The first-order valence-electron chi connectivity index (χ1n) is 5.91. The molecular weight excluding hydrogens is 212 g/mol. The molecule has 0 fully saturated rings. The molecule has 90 valence electrons. The van der Waals surface area contributed by atoms with E-state index >= 15 is 0 Å². The van der Waals surface area contributed by atoms with Gasteiger partial charge in [0.05, 0.1) is 11.6 Å². The SMILES string of the molecule is CC(O)CCN(C)c1ccnc2ccccc12. The summed E-state index contributed by atoms with van der Waals surface area (Å²) in [6.07, 6.45) is 2.34. The van der Waals surface area contributed by atoms with E-state index in [0.29, 0.717) is 0 Å². The summed E-state index contributed by atoms with van der Waals surface area (Å²) in [5.41, 5.74) is 2.17. The summed E-state index contributed by atoms with van der Waals surface area (Å²) in [6.45, 7) is 2.66. The number of hydrogen-bond donors (Lipinski definition) is 1. The minimum atomic E-state index is -0.259. The van der Waals surface area contributed by atoms with Gasteiger partial charge in [-0.3, -0.25) is 4.98 Å². The normalized spacial score (nSPS) is 12.6. The average Bonchev–Trinajstić information content (AvgIpc) is 2.35. The van der Waals surface area contributed by atoms with Crippen molar-refractivity contribution < 1.29 is 5.11 Å². The van der Waals surface area contributed by atoms with Gasteiger partial charge in [-0.1, -0.05) is 18.2 Å². The van der Waals surface area contributed by atoms with Crippen molar-refractivity contribution in [3.8, 4) is 0 Å². The van der Waals surface area contributed by atoms with Crippen molar-refractivity contribution in [2.45, 2.75) is 19.4 Å². The number of anilines is 1. The smallest absolute Gasteiger partial charge is 0.0722 e. The Labute approximate surface area is 102 Å². The Bertz CT molecular complexity index is 491. The number of pyridine rings is 1. The zero-order valence-electron chi connectivity index (χ0n) is 10.3. The maximum Gasteiger partial charge on any atom is 0.0722 e. The quantitative estimate of drug-likeness (QED) is 0.876. The Morgan fingerprint density at radius 1 is 1.29 bits per heavy atom. The summed E-state index contributed by atoms with van der Waals surface area (Å²) in [6, 6.07) is 10.1. The van der Waals surface area contributed by atoms with Crippen LogP contribution < -0.4 is 4.90 Å². The molecule has 17 heavy (non-hydrogen) atoms. The van der Waals surface area contributed by atoms with Gasteiger partial charge in [-0.2, -0.15) is 0 Å². The summed E-state index contributed by atoms with van der Waals surface area (Å²) in [7, 11) is 2.05. The second-order valence-electron chi connectivity index (χ2n) is 4.41. The van der Waals surface area contributed by atoms with E-state index in [4.69, 9.17) is 0 Å². The highest BCUT2D eigenvalue weighted by Crippen LogP contribution is 2.24. The van der Waals surface area contributed by atoms with Crippen LogP contribution in [0.15, 0.2) is 36.5 Å². The van der Waals surface area contributed by atoms with Gasteiger partial charge in [0.2, 0.25) is 0 Å². The lowest BCUT2D eigenvalue weighted by Gasteiger charge is -2.21. The van der Waals surface area contributed by atoms with Gasteiger partial charge in [-0.25, -0.2) is 0 Å². The number of aliphatic hydroxyl groups excluding tert-OH is 1. The average molecular weight is 230 g/mol. The molecule has 0 saturated heterocycles. The molecule has 0 aliphatic heterocycles. The van der Waals surface area contributed by atoms with Crippen molar-refractivity contribution in [2.75, 3.05) is 18.5 Å². The lowest BCUT2D eigenvalue weighted by atomic mass is 10.1. The molecule has 2 aromatic rings. The van der Waals surface area contributed by atoms with Gasteiger partial charge < -0.3 is 10.0 Å². The number of para-hydroxylation sites is 1. The number of hydrogen-bond acceptors (Lipinski definition) is 3. The zero-order chi connectivity index (χ0) is 12.3. The van der Waals surface area contributed by atoms with Crippen LogP contribution in [0, 0.1) is 0 Å². The predicted octanol–water partition coefficient (Wildman–Crippen LogP) is 2.44. The molecule has 0 saturated carbocycles. The molecule has 3 heteroatoms. The summed E-state index contributed by atoms with van der Waals surface area (Å²) < 4.78 is 0. The van der Waals surface area contributed by atoms with Crippen LogP contribution in [0.25, 0.3) is 10.9 Å². The third kappa shape index (κ3) is 2.74. The van der Waals surface area contributed by atoms with Crippen molar-refractivity contribution in [3.63, 3.8) is 0 Å². The van der Waals surface area contributed by atoms with Crippen LogP contribution in [0.1, 0.15) is 13.3 Å². The molecule has 1 unspecified atom stereocenters. The largest absolute Gasteiger partial charge is 0.393 e. The summed E-state index contributed by atoms with van der Waals surface area (Å²) in [5.74, 6) is 0. The van der Waals surface area contributed by atoms with Crippen LogP contribution in [-0.2, 0) is 0 Å². The van der Waals surface area contributed by atoms with E-state index in [1.165, 1.54) is 0 Å². The predicted molar refractivity (Wildman–Crippen MR) is 71.3 cm³/mol. The lowest BCUT2D eigenvalue weighted by molar-refractivity contribution is 0.187. The first-order valence-corrected chi connectivity index (χ1v) is 5.91. The van der Waals surface area contributed by atoms with Crippen LogP contribution in [-0.4, -0.2) is 29.8 Å². The molecule has 1 aromatic heterocycles. The fourth-order valence-corrected chi connectivity index (χ4v) is 1.91. The highest BCUT2D eigenvalue weighted by molar-refractivity contribution is 5.91. The molecule has 0 aliphatic rings. The topological polar surface area (TPSA) is 36.4 Å². The number of fused-ring (bicyclic) bond motifs is 1. The Balaban J connectivity index is 2.28. The van der Waals surface area contributed by atoms with E-state index < -0.39 is 0 Å². The molecule has 0 bridgehead atoms. The molecule has 0 radical (unpaired) electrons. The fraction of sp³-hybridized carbons (Fsp3) is 0.357. The second kappa shape index (κ2) is 5.15. The van der Waals surface area contributed by atoms with Gasteiger partial charge in [0.25, 0.3) is 0 Å². The van der Waals surface area contributed by atoms with Crippen LogP contribution >= 0.6 is 0 Å². The maximum absolute atomic E-state index is 9.32. The van der Waals surface area contributed by atoms with Crippen molar-refractivity contribution in [2.24, 2.45) is 0 Å². The van der Waals surface area contributed by atoms with E-state index in [2.05, 4.69) is 16.0 Å². The van der Waals surface area contributed by atoms with Crippen LogP contribution in [0.3, 0.4) is 0 Å². The van der Waals surface area contributed by atoms with Gasteiger partial charge in [-0.15, -0.1) is 0 Å². The molecular formula is C14H18N2O. The standard InChI is InChI=1S/C14H18N2O/c1-11(17)8-10-16(2)14-7-9-15-13-6-4-3-5-12(13)14/h3-7,9,11,17H,8,10H2,1-2H3. The Hall–Kier alpha value is -1.61. The molecule has 1 N–H and O–H groups in total. The van der Waals surface area contributed by atoms with Crippen LogP contribution in [0.5, 0.6) is 0 Å². The van der Waals surface area contributed by atoms with Crippen LogP contribution in [0.2, 0.25) is 0 Å². The minimum Gasteiger partial charge on any atom is -0.393 e. The Kier molecular flexibility index (Phi) is 3.59. The number of nitrogens with zero attached hydrogens (tertiary/aromatic N) is 2. The summed E-state index contributed by atoms with van der Waals surface area (Å²) >= 11 is 0. The summed E-state index contributed by atoms with van der Waals surface area (Å²) in [4.78, 5) is 6.51. The van der Waals surface area contributed by atoms with Crippen molar-refractivity contribution in [1.29, 1.82) is 0 Å². The molecule has 0 spiro atoms. The zero-order valence-corrected chi connectivity index (χ0v) is 10.3. The highest BCUT2D eigenvalue weighted by atomic mass is 16.3. The molecule has 0 aliphatic carbocycles. The lowest BCUT2D eigenvalue weighted by Crippen LogP contribution is -2.22. The molecule has 3 nitrogen and oxygen atoms in total. The first kappa shape index (κ1) is 11.9. The van der Waals surface area contributed by atoms with Crippen molar-refractivity contribution in [3.05, 3.63) is 36.5 Å². The molecule has 2 rings (SSSR count). The number of rotatable bonds is 4. The van der Waals surface area contributed by atoms with E-state index in [0.717, 1.165) is 29.6 Å².